The van der Waals surface area contributed by atoms with Crippen LogP contribution in [-0.2, 0) is 10.3 Å². The molecule has 2 heteroatoms. The lowest BCUT2D eigenvalue weighted by Crippen LogP contribution is -2.31. The van der Waals surface area contributed by atoms with Gasteiger partial charge in [-0.1, -0.05) is 42.5 Å². The maximum atomic E-state index is 6.18. The zero-order chi connectivity index (χ0) is 14.7. The largest absolute Gasteiger partial charge is 0.466 e. The number of hydrogen-bond donors (Lipinski definition) is 0. The van der Waals surface area contributed by atoms with Gasteiger partial charge in [0.25, 0.3) is 0 Å². The van der Waals surface area contributed by atoms with E-state index in [9.17, 15) is 0 Å². The fraction of sp³-hybridized carbons (Fsp3) is 0.263. The standard InChI is InChI=1S/C19H20O2/c1-15(2)21-19(18-9-6-14-20-18)12-10-17(11-13-19)16-7-4-3-5-8-16/h3-12,14-15H,13H2,1-2H3. The predicted octanol–water partition coefficient (Wildman–Crippen LogP) is 4.94. The first-order valence-corrected chi connectivity index (χ1v) is 7.36. The van der Waals surface area contributed by atoms with E-state index >= 15 is 0 Å². The first-order valence-electron chi connectivity index (χ1n) is 7.36. The van der Waals surface area contributed by atoms with Crippen LogP contribution in [0.4, 0.5) is 0 Å². The molecule has 0 aliphatic heterocycles. The minimum Gasteiger partial charge on any atom is -0.466 e. The van der Waals surface area contributed by atoms with Crippen LogP contribution in [0.15, 0.2) is 71.4 Å². The van der Waals surface area contributed by atoms with E-state index in [1.54, 1.807) is 6.26 Å². The number of benzene rings is 1. The third-order valence-electron chi connectivity index (χ3n) is 3.65. The zero-order valence-electron chi connectivity index (χ0n) is 12.5. The van der Waals surface area contributed by atoms with Gasteiger partial charge in [-0.15, -0.1) is 0 Å². The third kappa shape index (κ3) is 2.86. The van der Waals surface area contributed by atoms with Crippen LogP contribution in [0.3, 0.4) is 0 Å². The van der Waals surface area contributed by atoms with Crippen molar-refractivity contribution < 1.29 is 9.15 Å². The summed E-state index contributed by atoms with van der Waals surface area (Å²) in [6.45, 7) is 4.10. The molecule has 108 valence electrons. The average molecular weight is 280 g/mol. The van der Waals surface area contributed by atoms with E-state index in [1.165, 1.54) is 11.1 Å². The van der Waals surface area contributed by atoms with Crippen molar-refractivity contribution in [3.05, 3.63) is 78.3 Å². The highest BCUT2D eigenvalue weighted by Gasteiger charge is 2.35. The third-order valence-corrected chi connectivity index (χ3v) is 3.65. The fourth-order valence-electron chi connectivity index (χ4n) is 2.73. The maximum absolute atomic E-state index is 6.18. The van der Waals surface area contributed by atoms with Crippen LogP contribution < -0.4 is 0 Å². The molecule has 0 amide bonds. The molecule has 1 aromatic carbocycles. The molecule has 0 N–H and O–H groups in total. The normalized spacial score (nSPS) is 21.6. The lowest BCUT2D eigenvalue weighted by Gasteiger charge is -2.32. The maximum Gasteiger partial charge on any atom is 0.148 e. The second-order valence-electron chi connectivity index (χ2n) is 5.60. The molecule has 1 aliphatic carbocycles. The summed E-state index contributed by atoms with van der Waals surface area (Å²) in [6, 6.07) is 14.3. The number of allylic oxidation sites excluding steroid dienone is 2. The van der Waals surface area contributed by atoms with Gasteiger partial charge in [0.15, 0.2) is 0 Å². The van der Waals surface area contributed by atoms with E-state index < -0.39 is 5.60 Å². The van der Waals surface area contributed by atoms with Gasteiger partial charge in [-0.2, -0.15) is 0 Å². The van der Waals surface area contributed by atoms with E-state index in [0.717, 1.165) is 12.2 Å². The minimum atomic E-state index is -0.490. The first-order chi connectivity index (χ1) is 10.2. The first kappa shape index (κ1) is 13.9. The van der Waals surface area contributed by atoms with Crippen LogP contribution in [0.1, 0.15) is 31.6 Å². The van der Waals surface area contributed by atoms with Gasteiger partial charge in [0.2, 0.25) is 0 Å². The number of rotatable bonds is 4. The van der Waals surface area contributed by atoms with Crippen LogP contribution in [-0.4, -0.2) is 6.10 Å². The second-order valence-corrected chi connectivity index (χ2v) is 5.60. The molecule has 0 fully saturated rings. The molecule has 0 radical (unpaired) electrons. The van der Waals surface area contributed by atoms with Crippen molar-refractivity contribution in [1.82, 2.24) is 0 Å². The molecule has 1 aromatic heterocycles. The Kier molecular flexibility index (Phi) is 3.80. The van der Waals surface area contributed by atoms with Crippen LogP contribution in [0.5, 0.6) is 0 Å². The average Bonchev–Trinajstić information content (AvgIpc) is 3.03. The van der Waals surface area contributed by atoms with Crippen LogP contribution >= 0.6 is 0 Å². The van der Waals surface area contributed by atoms with Crippen molar-refractivity contribution in [2.75, 3.05) is 0 Å². The summed E-state index contributed by atoms with van der Waals surface area (Å²) in [5, 5.41) is 0. The van der Waals surface area contributed by atoms with Gasteiger partial charge >= 0.3 is 0 Å². The molecule has 0 saturated heterocycles. The van der Waals surface area contributed by atoms with Gasteiger partial charge in [0.1, 0.15) is 11.4 Å². The Morgan fingerprint density at radius 2 is 1.90 bits per heavy atom. The quantitative estimate of drug-likeness (QED) is 0.791. The van der Waals surface area contributed by atoms with Crippen molar-refractivity contribution in [2.45, 2.75) is 32.0 Å². The van der Waals surface area contributed by atoms with Crippen LogP contribution in [0.2, 0.25) is 0 Å². The van der Waals surface area contributed by atoms with E-state index in [0.29, 0.717) is 0 Å². The molecule has 1 atom stereocenters. The zero-order valence-corrected chi connectivity index (χ0v) is 12.5. The highest BCUT2D eigenvalue weighted by molar-refractivity contribution is 5.75. The SMILES string of the molecule is CC(C)OC1(c2ccco2)C=CC(c2ccccc2)=CC1. The van der Waals surface area contributed by atoms with Gasteiger partial charge in [0, 0.05) is 6.42 Å². The lowest BCUT2D eigenvalue weighted by atomic mass is 9.87. The van der Waals surface area contributed by atoms with Crippen LogP contribution in [0, 0.1) is 0 Å². The molecule has 1 heterocycles. The van der Waals surface area contributed by atoms with Gasteiger partial charge < -0.3 is 9.15 Å². The van der Waals surface area contributed by atoms with E-state index in [1.807, 2.05) is 18.2 Å². The van der Waals surface area contributed by atoms with Gasteiger partial charge in [-0.05, 0) is 43.2 Å². The van der Waals surface area contributed by atoms with Crippen molar-refractivity contribution in [3.63, 3.8) is 0 Å². The molecule has 1 unspecified atom stereocenters. The van der Waals surface area contributed by atoms with Crippen molar-refractivity contribution in [1.29, 1.82) is 0 Å². The molecule has 2 aromatic rings. The summed E-state index contributed by atoms with van der Waals surface area (Å²) in [5.41, 5.74) is 1.96. The Labute approximate surface area is 125 Å². The highest BCUT2D eigenvalue weighted by atomic mass is 16.5. The van der Waals surface area contributed by atoms with E-state index in [2.05, 4.69) is 56.3 Å². The lowest BCUT2D eigenvalue weighted by molar-refractivity contribution is -0.0627. The van der Waals surface area contributed by atoms with Crippen LogP contribution in [0.25, 0.3) is 5.57 Å². The number of furan rings is 1. The van der Waals surface area contributed by atoms with Gasteiger partial charge in [-0.3, -0.25) is 0 Å². The Balaban J connectivity index is 1.90. The highest BCUT2D eigenvalue weighted by Crippen LogP contribution is 2.38. The number of ether oxygens (including phenoxy) is 1. The summed E-state index contributed by atoms with van der Waals surface area (Å²) in [6.07, 6.45) is 9.08. The molecule has 0 bridgehead atoms. The Morgan fingerprint density at radius 1 is 1.10 bits per heavy atom. The summed E-state index contributed by atoms with van der Waals surface area (Å²) < 4.78 is 11.8. The molecule has 0 spiro atoms. The second kappa shape index (κ2) is 5.74. The molecular weight excluding hydrogens is 260 g/mol. The topological polar surface area (TPSA) is 22.4 Å². The summed E-state index contributed by atoms with van der Waals surface area (Å²) in [4.78, 5) is 0. The number of hydrogen-bond acceptors (Lipinski definition) is 2. The van der Waals surface area contributed by atoms with Crippen molar-refractivity contribution in [2.24, 2.45) is 0 Å². The molecule has 3 rings (SSSR count). The summed E-state index contributed by atoms with van der Waals surface area (Å²) in [5.74, 6) is 0.857. The monoisotopic (exact) mass is 280 g/mol. The Bertz CT molecular complexity index is 635. The van der Waals surface area contributed by atoms with Gasteiger partial charge in [0.05, 0.1) is 12.4 Å². The molecule has 21 heavy (non-hydrogen) atoms. The molecular formula is C19H20O2. The van der Waals surface area contributed by atoms with Crippen molar-refractivity contribution in [3.8, 4) is 0 Å². The Hall–Kier alpha value is -2.06. The molecule has 0 saturated carbocycles. The Morgan fingerprint density at radius 3 is 2.48 bits per heavy atom. The molecule has 1 aliphatic rings. The predicted molar refractivity (Wildman–Crippen MR) is 84.8 cm³/mol. The smallest absolute Gasteiger partial charge is 0.148 e. The van der Waals surface area contributed by atoms with Gasteiger partial charge in [-0.25, -0.2) is 0 Å². The molecule has 2 nitrogen and oxygen atoms in total. The fourth-order valence-corrected chi connectivity index (χ4v) is 2.73. The summed E-state index contributed by atoms with van der Waals surface area (Å²) in [7, 11) is 0. The van der Waals surface area contributed by atoms with E-state index in [-0.39, 0.29) is 6.10 Å². The summed E-state index contributed by atoms with van der Waals surface area (Å²) >= 11 is 0. The van der Waals surface area contributed by atoms with E-state index in [4.69, 9.17) is 9.15 Å². The van der Waals surface area contributed by atoms with Crippen molar-refractivity contribution >= 4 is 5.57 Å². The minimum absolute atomic E-state index is 0.131.